The molecule has 2 bridgehead atoms. The third-order valence-corrected chi connectivity index (χ3v) is 7.53. The van der Waals surface area contributed by atoms with E-state index in [1.165, 1.54) is 29.1 Å². The minimum atomic E-state index is -0.926. The number of hydrogen-bond donors (Lipinski definition) is 2. The molecule has 1 fully saturated rings. The number of carbonyl (C=O) groups is 2. The third-order valence-electron chi connectivity index (χ3n) is 7.53. The number of morpholine rings is 1. The number of aromatic nitrogens is 1. The molecule has 0 spiro atoms. The fourth-order valence-corrected chi connectivity index (χ4v) is 5.38. The Bertz CT molecular complexity index is 1340. The average Bonchev–Trinajstić information content (AvgIpc) is 2.95. The predicted octanol–water partition coefficient (Wildman–Crippen LogP) is 3.05. The van der Waals surface area contributed by atoms with Gasteiger partial charge in [-0.1, -0.05) is 37.5 Å². The van der Waals surface area contributed by atoms with Crippen LogP contribution in [0.4, 0.5) is 4.39 Å². The zero-order valence-corrected chi connectivity index (χ0v) is 22.4. The second kappa shape index (κ2) is 12.5. The summed E-state index contributed by atoms with van der Waals surface area (Å²) in [5.74, 6) is -2.12. The number of pyridine rings is 1. The van der Waals surface area contributed by atoms with Crippen molar-refractivity contribution in [2.24, 2.45) is 0 Å². The van der Waals surface area contributed by atoms with E-state index < -0.39 is 35.0 Å². The molecule has 4 heterocycles. The van der Waals surface area contributed by atoms with Crippen LogP contribution in [0, 0.1) is 5.82 Å². The molecule has 214 valence electrons. The zero-order valence-electron chi connectivity index (χ0n) is 22.4. The maximum Gasteiger partial charge on any atom is 0.278 e. The number of aromatic hydroxyl groups is 1. The van der Waals surface area contributed by atoms with Gasteiger partial charge in [0.25, 0.3) is 11.8 Å². The molecule has 10 nitrogen and oxygen atoms in total. The molecule has 3 aliphatic heterocycles. The van der Waals surface area contributed by atoms with Crippen LogP contribution in [-0.4, -0.2) is 65.6 Å². The second-order valence-electron chi connectivity index (χ2n) is 10.2. The van der Waals surface area contributed by atoms with Gasteiger partial charge in [-0.3, -0.25) is 24.1 Å². The van der Waals surface area contributed by atoms with Crippen LogP contribution in [0.5, 0.6) is 11.5 Å². The first-order chi connectivity index (χ1) is 19.5. The maximum atomic E-state index is 13.9. The summed E-state index contributed by atoms with van der Waals surface area (Å²) in [6, 6.07) is 4.06. The SMILES string of the molecule is O=C1NCc2ccc(F)cc2OCC/C=C/CCCCCCCN2[C@H]3COCCN3C(=O)c3c(O)c(=O)c1cn32. The fourth-order valence-electron chi connectivity index (χ4n) is 5.38. The highest BCUT2D eigenvalue weighted by Gasteiger charge is 2.42. The van der Waals surface area contributed by atoms with Gasteiger partial charge in [-0.2, -0.15) is 0 Å². The number of nitrogens with one attached hydrogen (secondary N) is 1. The molecule has 40 heavy (non-hydrogen) atoms. The van der Waals surface area contributed by atoms with Crippen molar-refractivity contribution < 1.29 is 28.6 Å². The first-order valence-corrected chi connectivity index (χ1v) is 13.9. The van der Waals surface area contributed by atoms with E-state index in [1.807, 2.05) is 5.01 Å². The van der Waals surface area contributed by atoms with Crippen molar-refractivity contribution in [3.05, 3.63) is 69.4 Å². The Morgan fingerprint density at radius 3 is 2.65 bits per heavy atom. The Balaban J connectivity index is 1.48. The van der Waals surface area contributed by atoms with Crippen molar-refractivity contribution >= 4 is 11.8 Å². The highest BCUT2D eigenvalue weighted by molar-refractivity contribution is 5.99. The van der Waals surface area contributed by atoms with Crippen LogP contribution in [0.2, 0.25) is 0 Å². The molecule has 2 N–H and O–H groups in total. The van der Waals surface area contributed by atoms with Crippen LogP contribution in [0.3, 0.4) is 0 Å². The third kappa shape index (κ3) is 5.84. The first kappa shape index (κ1) is 27.7. The Morgan fingerprint density at radius 1 is 0.975 bits per heavy atom. The first-order valence-electron chi connectivity index (χ1n) is 13.9. The van der Waals surface area contributed by atoms with Crippen LogP contribution in [0.25, 0.3) is 0 Å². The lowest BCUT2D eigenvalue weighted by Crippen LogP contribution is -2.65. The van der Waals surface area contributed by atoms with Crippen LogP contribution in [0.15, 0.2) is 41.3 Å². The Morgan fingerprint density at radius 2 is 1.77 bits per heavy atom. The smallest absolute Gasteiger partial charge is 0.278 e. The monoisotopic (exact) mass is 554 g/mol. The number of carbonyl (C=O) groups excluding carboxylic acids is 2. The number of halogens is 1. The minimum absolute atomic E-state index is 0.0286. The van der Waals surface area contributed by atoms with E-state index in [-0.39, 0.29) is 24.4 Å². The van der Waals surface area contributed by atoms with Gasteiger partial charge in [-0.25, -0.2) is 4.39 Å². The van der Waals surface area contributed by atoms with E-state index in [0.717, 1.165) is 38.5 Å². The molecule has 0 unspecified atom stereocenters. The van der Waals surface area contributed by atoms with Crippen molar-refractivity contribution in [3.8, 4) is 11.5 Å². The number of amides is 2. The van der Waals surface area contributed by atoms with Crippen molar-refractivity contribution in [3.63, 3.8) is 0 Å². The molecule has 1 aromatic carbocycles. The molecule has 2 aromatic rings. The van der Waals surface area contributed by atoms with Gasteiger partial charge in [0, 0.05) is 37.5 Å². The fraction of sp³-hybridized carbons (Fsp3) is 0.483. The van der Waals surface area contributed by atoms with Crippen molar-refractivity contribution in [1.82, 2.24) is 14.9 Å². The number of hydrogen-bond acceptors (Lipinski definition) is 7. The van der Waals surface area contributed by atoms with E-state index in [0.29, 0.717) is 44.0 Å². The molecule has 1 atom stereocenters. The molecule has 11 heteroatoms. The molecule has 2 amide bonds. The Labute approximate surface area is 231 Å². The molecule has 0 saturated carbocycles. The summed E-state index contributed by atoms with van der Waals surface area (Å²) in [4.78, 5) is 41.3. The molecule has 5 rings (SSSR count). The lowest BCUT2D eigenvalue weighted by Gasteiger charge is -2.48. The van der Waals surface area contributed by atoms with E-state index in [2.05, 4.69) is 17.5 Å². The summed E-state index contributed by atoms with van der Waals surface area (Å²) in [6.45, 7) is 1.85. The van der Waals surface area contributed by atoms with Crippen LogP contribution in [-0.2, 0) is 11.3 Å². The van der Waals surface area contributed by atoms with Crippen molar-refractivity contribution in [1.29, 1.82) is 0 Å². The number of ether oxygens (including phenoxy) is 2. The number of fused-ring (bicyclic) bond motifs is 4. The summed E-state index contributed by atoms with van der Waals surface area (Å²) in [5, 5.41) is 15.5. The van der Waals surface area contributed by atoms with Crippen LogP contribution < -0.4 is 20.5 Å². The molecule has 3 aliphatic rings. The normalized spacial score (nSPS) is 21.8. The zero-order chi connectivity index (χ0) is 28.1. The summed E-state index contributed by atoms with van der Waals surface area (Å²) in [5.41, 5.74) is -0.841. The Kier molecular flexibility index (Phi) is 8.69. The lowest BCUT2D eigenvalue weighted by molar-refractivity contribution is -0.0173. The second-order valence-corrected chi connectivity index (χ2v) is 10.2. The van der Waals surface area contributed by atoms with Crippen LogP contribution >= 0.6 is 0 Å². The van der Waals surface area contributed by atoms with Gasteiger partial charge in [-0.05, 0) is 31.7 Å². The summed E-state index contributed by atoms with van der Waals surface area (Å²) in [7, 11) is 0. The van der Waals surface area contributed by atoms with Gasteiger partial charge >= 0.3 is 0 Å². The topological polar surface area (TPSA) is 113 Å². The van der Waals surface area contributed by atoms with Gasteiger partial charge < -0.3 is 24.8 Å². The number of rotatable bonds is 0. The van der Waals surface area contributed by atoms with E-state index >= 15 is 0 Å². The lowest BCUT2D eigenvalue weighted by atomic mass is 10.1. The van der Waals surface area contributed by atoms with Gasteiger partial charge in [0.2, 0.25) is 5.43 Å². The number of allylic oxidation sites excluding steroid dienone is 1. The summed E-state index contributed by atoms with van der Waals surface area (Å²) in [6.07, 6.45) is 11.7. The Hall–Kier alpha value is -3.86. The maximum absolute atomic E-state index is 13.9. The quantitative estimate of drug-likeness (QED) is 0.482. The summed E-state index contributed by atoms with van der Waals surface area (Å²) >= 11 is 0. The molecule has 0 aliphatic carbocycles. The summed E-state index contributed by atoms with van der Waals surface area (Å²) < 4.78 is 26.9. The van der Waals surface area contributed by atoms with E-state index in [9.17, 15) is 23.9 Å². The highest BCUT2D eigenvalue weighted by atomic mass is 19.1. The van der Waals surface area contributed by atoms with Gasteiger partial charge in [0.1, 0.15) is 23.3 Å². The van der Waals surface area contributed by atoms with E-state index in [4.69, 9.17) is 9.47 Å². The minimum Gasteiger partial charge on any atom is -0.502 e. The standard InChI is InChI=1S/C29H35FN4O6/c30-21-11-10-20-17-31-28(37)22-18-34-25(27(36)26(22)35)29(38)32-13-15-39-19-24(32)33(34)12-8-6-4-2-1-3-5-7-9-14-40-23(20)16-21/h5,7,10-11,16,18,24,36H,1-4,6,8-9,12-15,17,19H2,(H,31,37)/b7-5+/t24-/m0/s1. The van der Waals surface area contributed by atoms with Crippen LogP contribution in [0.1, 0.15) is 71.4 Å². The van der Waals surface area contributed by atoms with E-state index in [1.54, 1.807) is 4.90 Å². The number of nitrogens with zero attached hydrogens (tertiary/aromatic N) is 3. The molecule has 0 radical (unpaired) electrons. The molecular formula is C29H35FN4O6. The average molecular weight is 555 g/mol. The highest BCUT2D eigenvalue weighted by Crippen LogP contribution is 2.27. The number of benzene rings is 1. The largest absolute Gasteiger partial charge is 0.502 e. The molecule has 1 saturated heterocycles. The van der Waals surface area contributed by atoms with Gasteiger partial charge in [0.05, 0.1) is 19.8 Å². The van der Waals surface area contributed by atoms with Gasteiger partial charge in [-0.15, -0.1) is 0 Å². The predicted molar refractivity (Wildman–Crippen MR) is 146 cm³/mol. The van der Waals surface area contributed by atoms with Gasteiger partial charge in [0.15, 0.2) is 11.4 Å². The van der Waals surface area contributed by atoms with Crippen molar-refractivity contribution in [2.45, 2.75) is 57.7 Å². The molecule has 1 aromatic heterocycles. The van der Waals surface area contributed by atoms with Crippen molar-refractivity contribution in [2.75, 3.05) is 37.9 Å². The molecular weight excluding hydrogens is 519 g/mol.